The van der Waals surface area contributed by atoms with Crippen LogP contribution in [0.1, 0.15) is 24.7 Å². The molecular weight excluding hydrogens is 354 g/mol. The Hall–Kier alpha value is -1.11. The second-order valence-corrected chi connectivity index (χ2v) is 7.61. The van der Waals surface area contributed by atoms with E-state index in [1.165, 1.54) is 0 Å². The lowest BCUT2D eigenvalue weighted by atomic mass is 10.2. The van der Waals surface area contributed by atoms with Crippen LogP contribution < -0.4 is 4.72 Å². The molecule has 0 aliphatic heterocycles. The van der Waals surface area contributed by atoms with E-state index in [1.807, 2.05) is 26.0 Å². The van der Waals surface area contributed by atoms with Crippen molar-refractivity contribution in [3.05, 3.63) is 52.4 Å². The molecule has 1 heterocycles. The number of hydrogen-bond acceptors (Lipinski definition) is 3. The lowest BCUT2D eigenvalue weighted by Crippen LogP contribution is -2.33. The summed E-state index contributed by atoms with van der Waals surface area (Å²) >= 11 is 3.31. The molecule has 0 fully saturated rings. The molecule has 2 rings (SSSR count). The summed E-state index contributed by atoms with van der Waals surface area (Å²) in [5.41, 5.74) is 1.01. The topological polar surface area (TPSA) is 59.3 Å². The molecule has 1 aromatic heterocycles. The van der Waals surface area contributed by atoms with Crippen LogP contribution >= 0.6 is 15.9 Å². The summed E-state index contributed by atoms with van der Waals surface area (Å²) in [4.78, 5) is 0.262. The van der Waals surface area contributed by atoms with Crippen LogP contribution in [0.2, 0.25) is 0 Å². The van der Waals surface area contributed by atoms with Gasteiger partial charge in [0.2, 0.25) is 10.0 Å². The fourth-order valence-corrected chi connectivity index (χ4v) is 4.49. The quantitative estimate of drug-likeness (QED) is 0.842. The number of aryl methyl sites for hydroxylation is 2. The zero-order valence-electron chi connectivity index (χ0n) is 12.0. The Morgan fingerprint density at radius 2 is 2.10 bits per heavy atom. The van der Waals surface area contributed by atoms with Gasteiger partial charge in [0, 0.05) is 16.9 Å². The van der Waals surface area contributed by atoms with Gasteiger partial charge in [-0.25, -0.2) is 13.1 Å². The first-order valence-electron chi connectivity index (χ1n) is 6.69. The average molecular weight is 372 g/mol. The molecule has 0 aliphatic carbocycles. The van der Waals surface area contributed by atoms with Crippen molar-refractivity contribution in [3.63, 3.8) is 0 Å². The van der Waals surface area contributed by atoms with Gasteiger partial charge in [0.25, 0.3) is 0 Å². The van der Waals surface area contributed by atoms with Gasteiger partial charge in [-0.1, -0.05) is 6.07 Å². The zero-order valence-corrected chi connectivity index (χ0v) is 14.4. The lowest BCUT2D eigenvalue weighted by Gasteiger charge is -2.14. The summed E-state index contributed by atoms with van der Waals surface area (Å²) < 4.78 is 33.3. The van der Waals surface area contributed by atoms with Crippen LogP contribution in [0.4, 0.5) is 0 Å². The molecule has 0 saturated heterocycles. The Morgan fingerprint density at radius 1 is 1.33 bits per heavy atom. The Balaban J connectivity index is 2.02. The molecule has 0 aliphatic rings. The first-order valence-corrected chi connectivity index (χ1v) is 8.97. The van der Waals surface area contributed by atoms with Gasteiger partial charge in [-0.3, -0.25) is 0 Å². The summed E-state index contributed by atoms with van der Waals surface area (Å²) in [5, 5.41) is 0. The summed E-state index contributed by atoms with van der Waals surface area (Å²) in [6.45, 7) is 3.77. The van der Waals surface area contributed by atoms with Crippen LogP contribution in [0, 0.1) is 6.92 Å². The van der Waals surface area contributed by atoms with Gasteiger partial charge in [0.05, 0.1) is 11.2 Å². The van der Waals surface area contributed by atoms with Crippen LogP contribution in [-0.2, 0) is 16.4 Å². The molecule has 21 heavy (non-hydrogen) atoms. The number of furan rings is 1. The largest absolute Gasteiger partial charge is 0.469 e. The standard InChI is InChI=1S/C15H18BrNO3S/c1-11-5-8-15(14(16)10-11)21(18,19)17-12(2)6-7-13-4-3-9-20-13/h3-5,8-10,12,17H,6-7H2,1-2H3. The third-order valence-corrected chi connectivity index (χ3v) is 5.70. The third-order valence-electron chi connectivity index (χ3n) is 3.14. The minimum atomic E-state index is -3.53. The van der Waals surface area contributed by atoms with E-state index < -0.39 is 10.0 Å². The fourth-order valence-electron chi connectivity index (χ4n) is 2.02. The summed E-state index contributed by atoms with van der Waals surface area (Å²) in [6.07, 6.45) is 3.00. The van der Waals surface area contributed by atoms with Crippen molar-refractivity contribution in [1.82, 2.24) is 4.72 Å². The molecular formula is C15H18BrNO3S. The average Bonchev–Trinajstić information content (AvgIpc) is 2.88. The van der Waals surface area contributed by atoms with Gasteiger partial charge in [0.1, 0.15) is 5.76 Å². The highest BCUT2D eigenvalue weighted by atomic mass is 79.9. The monoisotopic (exact) mass is 371 g/mol. The Kier molecular flexibility index (Phi) is 5.24. The van der Waals surface area contributed by atoms with Crippen LogP contribution in [0.3, 0.4) is 0 Å². The molecule has 1 N–H and O–H groups in total. The molecule has 1 aromatic carbocycles. The first kappa shape index (κ1) is 16.3. The second-order valence-electron chi connectivity index (χ2n) is 5.07. The predicted octanol–water partition coefficient (Wildman–Crippen LogP) is 3.65. The molecule has 0 spiro atoms. The number of nitrogens with one attached hydrogen (secondary N) is 1. The number of hydrogen-bond donors (Lipinski definition) is 1. The maximum Gasteiger partial charge on any atom is 0.241 e. The van der Waals surface area contributed by atoms with Crippen LogP contribution in [0.5, 0.6) is 0 Å². The molecule has 0 bridgehead atoms. The number of halogens is 1. The maximum atomic E-state index is 12.4. The highest BCUT2D eigenvalue weighted by molar-refractivity contribution is 9.10. The molecule has 2 aromatic rings. The third kappa shape index (κ3) is 4.43. The number of sulfonamides is 1. The Labute approximate surface area is 133 Å². The molecule has 114 valence electrons. The van der Waals surface area contributed by atoms with Gasteiger partial charge in [-0.15, -0.1) is 0 Å². The van der Waals surface area contributed by atoms with Crippen molar-refractivity contribution in [2.24, 2.45) is 0 Å². The van der Waals surface area contributed by atoms with Crippen LogP contribution in [0.15, 0.2) is 50.4 Å². The Morgan fingerprint density at radius 3 is 2.71 bits per heavy atom. The van der Waals surface area contributed by atoms with Gasteiger partial charge in [0.15, 0.2) is 0 Å². The molecule has 4 nitrogen and oxygen atoms in total. The summed E-state index contributed by atoms with van der Waals surface area (Å²) in [7, 11) is -3.53. The van der Waals surface area contributed by atoms with Crippen molar-refractivity contribution in [2.45, 2.75) is 37.6 Å². The maximum absolute atomic E-state index is 12.4. The molecule has 6 heteroatoms. The van der Waals surface area contributed by atoms with Crippen molar-refractivity contribution in [3.8, 4) is 0 Å². The molecule has 0 amide bonds. The van der Waals surface area contributed by atoms with E-state index in [2.05, 4.69) is 20.7 Å². The van der Waals surface area contributed by atoms with Crippen LogP contribution in [0.25, 0.3) is 0 Å². The van der Waals surface area contributed by atoms with Gasteiger partial charge >= 0.3 is 0 Å². The first-order chi connectivity index (χ1) is 9.88. The van der Waals surface area contributed by atoms with Crippen molar-refractivity contribution in [2.75, 3.05) is 0 Å². The number of rotatable bonds is 6. The van der Waals surface area contributed by atoms with Crippen molar-refractivity contribution < 1.29 is 12.8 Å². The predicted molar refractivity (Wildman–Crippen MR) is 85.7 cm³/mol. The minimum Gasteiger partial charge on any atom is -0.469 e. The van der Waals surface area contributed by atoms with Crippen LogP contribution in [-0.4, -0.2) is 14.5 Å². The molecule has 0 radical (unpaired) electrons. The van der Waals surface area contributed by atoms with E-state index >= 15 is 0 Å². The normalized spacial score (nSPS) is 13.3. The Bertz CT molecular complexity index is 696. The molecule has 0 saturated carbocycles. The molecule has 1 atom stereocenters. The van der Waals surface area contributed by atoms with E-state index in [9.17, 15) is 8.42 Å². The minimum absolute atomic E-state index is 0.173. The fraction of sp³-hybridized carbons (Fsp3) is 0.333. The van der Waals surface area contributed by atoms with E-state index in [4.69, 9.17) is 4.42 Å². The highest BCUT2D eigenvalue weighted by Crippen LogP contribution is 2.23. The van der Waals surface area contributed by atoms with E-state index in [0.29, 0.717) is 17.3 Å². The molecule has 1 unspecified atom stereocenters. The number of benzene rings is 1. The zero-order chi connectivity index (χ0) is 15.5. The SMILES string of the molecule is Cc1ccc(S(=O)(=O)NC(C)CCc2ccco2)c(Br)c1. The van der Waals surface area contributed by atoms with E-state index in [0.717, 1.165) is 11.3 Å². The van der Waals surface area contributed by atoms with E-state index in [1.54, 1.807) is 24.5 Å². The van der Waals surface area contributed by atoms with Crippen molar-refractivity contribution >= 4 is 26.0 Å². The highest BCUT2D eigenvalue weighted by Gasteiger charge is 2.20. The second kappa shape index (κ2) is 6.77. The van der Waals surface area contributed by atoms with E-state index in [-0.39, 0.29) is 10.9 Å². The van der Waals surface area contributed by atoms with Crippen molar-refractivity contribution in [1.29, 1.82) is 0 Å². The summed E-state index contributed by atoms with van der Waals surface area (Å²) in [5.74, 6) is 0.859. The van der Waals surface area contributed by atoms with Gasteiger partial charge in [-0.2, -0.15) is 0 Å². The van der Waals surface area contributed by atoms with Gasteiger partial charge in [-0.05, 0) is 66.0 Å². The smallest absolute Gasteiger partial charge is 0.241 e. The summed E-state index contributed by atoms with van der Waals surface area (Å²) in [6, 6.07) is 8.73. The van der Waals surface area contributed by atoms with Gasteiger partial charge < -0.3 is 4.42 Å². The lowest BCUT2D eigenvalue weighted by molar-refractivity contribution is 0.480.